The molecular formula is C24H26ClN3O5. The van der Waals surface area contributed by atoms with Crippen molar-refractivity contribution in [1.82, 2.24) is 15.4 Å². The van der Waals surface area contributed by atoms with Gasteiger partial charge in [-0.1, -0.05) is 28.9 Å². The molecule has 1 saturated heterocycles. The van der Waals surface area contributed by atoms with Crippen LogP contribution in [0, 0.1) is 0 Å². The fourth-order valence-electron chi connectivity index (χ4n) is 3.82. The summed E-state index contributed by atoms with van der Waals surface area (Å²) in [6.07, 6.45) is 0. The van der Waals surface area contributed by atoms with Crippen LogP contribution in [0.25, 0.3) is 11.3 Å². The van der Waals surface area contributed by atoms with Crippen LogP contribution in [0.5, 0.6) is 11.5 Å². The first-order valence-corrected chi connectivity index (χ1v) is 11.0. The number of ether oxygens (including phenoxy) is 3. The molecule has 2 aromatic carbocycles. The van der Waals surface area contributed by atoms with Crippen LogP contribution >= 0.6 is 11.6 Å². The quantitative estimate of drug-likeness (QED) is 0.534. The summed E-state index contributed by atoms with van der Waals surface area (Å²) in [5, 5.41) is 7.62. The molecule has 2 heterocycles. The normalized spacial score (nSPS) is 15.1. The highest BCUT2D eigenvalue weighted by molar-refractivity contribution is 6.30. The fraction of sp³-hybridized carbons (Fsp3) is 0.333. The SMILES string of the molecule is COc1ccc(-c2cc(C(=O)NCC(c3ccc(Cl)cc3)N3CCOCC3)no2)cc1OC. The summed E-state index contributed by atoms with van der Waals surface area (Å²) in [5.41, 5.74) is 2.01. The Morgan fingerprint density at radius 1 is 1.09 bits per heavy atom. The van der Waals surface area contributed by atoms with Gasteiger partial charge in [0.2, 0.25) is 0 Å². The monoisotopic (exact) mass is 471 g/mol. The van der Waals surface area contributed by atoms with E-state index in [1.165, 1.54) is 0 Å². The van der Waals surface area contributed by atoms with E-state index in [-0.39, 0.29) is 17.6 Å². The zero-order chi connectivity index (χ0) is 23.2. The van der Waals surface area contributed by atoms with E-state index in [2.05, 4.69) is 15.4 Å². The molecule has 3 aromatic rings. The van der Waals surface area contributed by atoms with E-state index < -0.39 is 0 Å². The molecule has 8 nitrogen and oxygen atoms in total. The van der Waals surface area contributed by atoms with E-state index in [0.29, 0.717) is 42.0 Å². The van der Waals surface area contributed by atoms with E-state index in [4.69, 9.17) is 30.3 Å². The number of halogens is 1. The Kier molecular flexibility index (Phi) is 7.49. The third kappa shape index (κ3) is 5.47. The molecule has 0 saturated carbocycles. The average Bonchev–Trinajstić information content (AvgIpc) is 3.36. The number of amides is 1. The fourth-order valence-corrected chi connectivity index (χ4v) is 3.95. The van der Waals surface area contributed by atoms with Crippen molar-refractivity contribution in [3.05, 3.63) is 64.8 Å². The van der Waals surface area contributed by atoms with Gasteiger partial charge in [-0.2, -0.15) is 0 Å². The number of rotatable bonds is 8. The van der Waals surface area contributed by atoms with Crippen molar-refractivity contribution >= 4 is 17.5 Å². The predicted molar refractivity (Wildman–Crippen MR) is 124 cm³/mol. The van der Waals surface area contributed by atoms with Gasteiger partial charge in [0.05, 0.1) is 33.5 Å². The van der Waals surface area contributed by atoms with Gasteiger partial charge in [0.1, 0.15) is 0 Å². The van der Waals surface area contributed by atoms with E-state index >= 15 is 0 Å². The Bertz CT molecular complexity index is 1080. The van der Waals surface area contributed by atoms with Crippen LogP contribution in [0.1, 0.15) is 22.1 Å². The van der Waals surface area contributed by atoms with Gasteiger partial charge < -0.3 is 24.1 Å². The summed E-state index contributed by atoms with van der Waals surface area (Å²) in [4.78, 5) is 15.1. The molecule has 33 heavy (non-hydrogen) atoms. The number of nitrogens with zero attached hydrogens (tertiary/aromatic N) is 2. The zero-order valence-corrected chi connectivity index (χ0v) is 19.3. The highest BCUT2D eigenvalue weighted by Gasteiger charge is 2.24. The maximum Gasteiger partial charge on any atom is 0.273 e. The largest absolute Gasteiger partial charge is 0.493 e. The van der Waals surface area contributed by atoms with Gasteiger partial charge in [-0.05, 0) is 35.9 Å². The summed E-state index contributed by atoms with van der Waals surface area (Å²) >= 11 is 6.06. The van der Waals surface area contributed by atoms with Crippen LogP contribution < -0.4 is 14.8 Å². The highest BCUT2D eigenvalue weighted by atomic mass is 35.5. The summed E-state index contributed by atoms with van der Waals surface area (Å²) in [7, 11) is 3.13. The maximum atomic E-state index is 12.8. The Balaban J connectivity index is 1.47. The van der Waals surface area contributed by atoms with Crippen molar-refractivity contribution in [1.29, 1.82) is 0 Å². The number of morpholine rings is 1. The Hall–Kier alpha value is -3.07. The third-order valence-corrected chi connectivity index (χ3v) is 5.86. The van der Waals surface area contributed by atoms with E-state index in [9.17, 15) is 4.79 Å². The molecule has 1 atom stereocenters. The molecule has 1 unspecified atom stereocenters. The Morgan fingerprint density at radius 3 is 2.52 bits per heavy atom. The van der Waals surface area contributed by atoms with E-state index in [1.54, 1.807) is 32.4 Å². The maximum absolute atomic E-state index is 12.8. The second-order valence-electron chi connectivity index (χ2n) is 7.57. The molecule has 1 amide bonds. The van der Waals surface area contributed by atoms with Crippen molar-refractivity contribution in [2.75, 3.05) is 47.1 Å². The van der Waals surface area contributed by atoms with Gasteiger partial charge in [0.25, 0.3) is 5.91 Å². The molecule has 1 aliphatic rings. The molecule has 1 aromatic heterocycles. The van der Waals surface area contributed by atoms with Crippen LogP contribution in [-0.4, -0.2) is 63.0 Å². The van der Waals surface area contributed by atoms with Gasteiger partial charge in [0, 0.05) is 36.3 Å². The van der Waals surface area contributed by atoms with Crippen LogP contribution in [0.4, 0.5) is 0 Å². The van der Waals surface area contributed by atoms with Gasteiger partial charge in [0.15, 0.2) is 23.0 Å². The van der Waals surface area contributed by atoms with E-state index in [1.807, 2.05) is 30.3 Å². The van der Waals surface area contributed by atoms with Gasteiger partial charge in [-0.3, -0.25) is 9.69 Å². The summed E-state index contributed by atoms with van der Waals surface area (Å²) in [6.45, 7) is 3.32. The lowest BCUT2D eigenvalue weighted by Crippen LogP contribution is -2.43. The molecule has 1 fully saturated rings. The molecule has 0 spiro atoms. The minimum Gasteiger partial charge on any atom is -0.493 e. The molecular weight excluding hydrogens is 446 g/mol. The topological polar surface area (TPSA) is 86.1 Å². The second kappa shape index (κ2) is 10.7. The molecule has 174 valence electrons. The first kappa shape index (κ1) is 23.1. The Morgan fingerprint density at radius 2 is 1.82 bits per heavy atom. The van der Waals surface area contributed by atoms with Crippen molar-refractivity contribution in [3.63, 3.8) is 0 Å². The van der Waals surface area contributed by atoms with Crippen LogP contribution in [-0.2, 0) is 4.74 Å². The number of benzene rings is 2. The van der Waals surface area contributed by atoms with Crippen molar-refractivity contribution < 1.29 is 23.5 Å². The minimum atomic E-state index is -0.308. The standard InChI is InChI=1S/C24H26ClN3O5/c1-30-21-8-5-17(13-23(21)31-2)22-14-19(27-33-22)24(29)26-15-20(28-9-11-32-12-10-28)16-3-6-18(25)7-4-16/h3-8,13-14,20H,9-12,15H2,1-2H3,(H,26,29). The number of nitrogens with one attached hydrogen (secondary N) is 1. The van der Waals surface area contributed by atoms with Gasteiger partial charge in [-0.25, -0.2) is 0 Å². The van der Waals surface area contributed by atoms with Crippen LogP contribution in [0.15, 0.2) is 53.1 Å². The van der Waals surface area contributed by atoms with Gasteiger partial charge in [-0.15, -0.1) is 0 Å². The highest BCUT2D eigenvalue weighted by Crippen LogP contribution is 2.32. The van der Waals surface area contributed by atoms with E-state index in [0.717, 1.165) is 24.2 Å². The third-order valence-electron chi connectivity index (χ3n) is 5.61. The number of hydrogen-bond donors (Lipinski definition) is 1. The molecule has 0 radical (unpaired) electrons. The molecule has 1 aliphatic heterocycles. The summed E-state index contributed by atoms with van der Waals surface area (Å²) in [5.74, 6) is 1.32. The Labute approximate surface area is 197 Å². The molecule has 0 bridgehead atoms. The molecule has 0 aliphatic carbocycles. The first-order chi connectivity index (χ1) is 16.1. The number of aromatic nitrogens is 1. The van der Waals surface area contributed by atoms with Crippen LogP contribution in [0.2, 0.25) is 5.02 Å². The lowest BCUT2D eigenvalue weighted by Gasteiger charge is -2.34. The predicted octanol–water partition coefficient (Wildman–Crippen LogP) is 3.82. The van der Waals surface area contributed by atoms with Crippen LogP contribution in [0.3, 0.4) is 0 Å². The number of methoxy groups -OCH3 is 2. The summed E-state index contributed by atoms with van der Waals surface area (Å²) < 4.78 is 21.5. The van der Waals surface area contributed by atoms with Crippen molar-refractivity contribution in [3.8, 4) is 22.8 Å². The first-order valence-electron chi connectivity index (χ1n) is 10.6. The smallest absolute Gasteiger partial charge is 0.273 e. The van der Waals surface area contributed by atoms with Crippen molar-refractivity contribution in [2.24, 2.45) is 0 Å². The number of carbonyl (C=O) groups is 1. The lowest BCUT2D eigenvalue weighted by atomic mass is 10.0. The van der Waals surface area contributed by atoms with Gasteiger partial charge >= 0.3 is 0 Å². The lowest BCUT2D eigenvalue weighted by molar-refractivity contribution is 0.0162. The average molecular weight is 472 g/mol. The molecule has 4 rings (SSSR count). The molecule has 9 heteroatoms. The second-order valence-corrected chi connectivity index (χ2v) is 8.01. The number of hydrogen-bond acceptors (Lipinski definition) is 7. The molecule has 1 N–H and O–H groups in total. The zero-order valence-electron chi connectivity index (χ0n) is 18.5. The summed E-state index contributed by atoms with van der Waals surface area (Å²) in [6, 6.07) is 14.7. The van der Waals surface area contributed by atoms with Crippen molar-refractivity contribution in [2.45, 2.75) is 6.04 Å². The minimum absolute atomic E-state index is 0.00709. The number of carbonyl (C=O) groups excluding carboxylic acids is 1.